The molecule has 0 spiro atoms. The van der Waals surface area contributed by atoms with E-state index in [9.17, 15) is 5.11 Å². The van der Waals surface area contributed by atoms with Crippen molar-refractivity contribution >= 4 is 11.4 Å². The Morgan fingerprint density at radius 3 is 1.89 bits per heavy atom. The zero-order valence-corrected chi connectivity index (χ0v) is 16.6. The summed E-state index contributed by atoms with van der Waals surface area (Å²) >= 11 is 0. The van der Waals surface area contributed by atoms with Crippen LogP contribution in [-0.4, -0.2) is 5.11 Å². The number of nitrogen functional groups attached to an aromatic ring is 1. The molecule has 0 saturated heterocycles. The molecule has 0 saturated carbocycles. The van der Waals surface area contributed by atoms with Gasteiger partial charge in [-0.3, -0.25) is 0 Å². The SMILES string of the molecule is Cc1cc(Cc2cc(C)c(NCc3ccccc3O)c(C)c2)cc(C)c1N. The minimum atomic E-state index is 0.325. The van der Waals surface area contributed by atoms with Gasteiger partial charge in [-0.05, 0) is 73.6 Å². The maximum absolute atomic E-state index is 9.95. The molecule has 0 atom stereocenters. The first-order valence-corrected chi connectivity index (χ1v) is 9.31. The van der Waals surface area contributed by atoms with Crippen LogP contribution in [0.3, 0.4) is 0 Å². The van der Waals surface area contributed by atoms with Gasteiger partial charge in [0.25, 0.3) is 0 Å². The summed E-state index contributed by atoms with van der Waals surface area (Å²) in [5.74, 6) is 0.325. The number of hydrogen-bond acceptors (Lipinski definition) is 3. The number of anilines is 2. The Morgan fingerprint density at radius 1 is 0.815 bits per heavy atom. The zero-order chi connectivity index (χ0) is 19.6. The largest absolute Gasteiger partial charge is 0.508 e. The molecule has 3 heteroatoms. The van der Waals surface area contributed by atoms with Crippen LogP contribution >= 0.6 is 0 Å². The van der Waals surface area contributed by atoms with E-state index in [1.54, 1.807) is 6.07 Å². The average molecular weight is 361 g/mol. The molecule has 0 aliphatic heterocycles. The van der Waals surface area contributed by atoms with Crippen molar-refractivity contribution < 1.29 is 5.11 Å². The van der Waals surface area contributed by atoms with Crippen LogP contribution < -0.4 is 11.1 Å². The Labute approximate surface area is 161 Å². The van der Waals surface area contributed by atoms with Gasteiger partial charge in [-0.25, -0.2) is 0 Å². The molecule has 3 aromatic carbocycles. The highest BCUT2D eigenvalue weighted by Gasteiger charge is 2.09. The second kappa shape index (κ2) is 7.75. The normalized spacial score (nSPS) is 10.8. The second-order valence-corrected chi connectivity index (χ2v) is 7.41. The molecule has 27 heavy (non-hydrogen) atoms. The van der Waals surface area contributed by atoms with Crippen molar-refractivity contribution in [1.82, 2.24) is 0 Å². The van der Waals surface area contributed by atoms with Crippen LogP contribution in [0.15, 0.2) is 48.5 Å². The van der Waals surface area contributed by atoms with Gasteiger partial charge in [-0.2, -0.15) is 0 Å². The summed E-state index contributed by atoms with van der Waals surface area (Å²) in [6.07, 6.45) is 0.892. The first-order valence-electron chi connectivity index (χ1n) is 9.31. The quantitative estimate of drug-likeness (QED) is 0.533. The summed E-state index contributed by atoms with van der Waals surface area (Å²) < 4.78 is 0. The molecule has 0 amide bonds. The summed E-state index contributed by atoms with van der Waals surface area (Å²) in [5.41, 5.74) is 16.3. The Kier molecular flexibility index (Phi) is 5.41. The predicted octanol–water partition coefficient (Wildman–Crippen LogP) is 5.41. The van der Waals surface area contributed by atoms with E-state index in [0.717, 1.165) is 34.5 Å². The molecule has 0 radical (unpaired) electrons. The third-order valence-electron chi connectivity index (χ3n) is 5.10. The van der Waals surface area contributed by atoms with Gasteiger partial charge >= 0.3 is 0 Å². The van der Waals surface area contributed by atoms with Crippen molar-refractivity contribution in [2.45, 2.75) is 40.7 Å². The molecule has 3 rings (SSSR count). The number of phenolic OH excluding ortho intramolecular Hbond substituents is 1. The number of aryl methyl sites for hydroxylation is 4. The third kappa shape index (κ3) is 4.25. The highest BCUT2D eigenvalue weighted by atomic mass is 16.3. The number of nitrogens with one attached hydrogen (secondary N) is 1. The predicted molar refractivity (Wildman–Crippen MR) is 114 cm³/mol. The lowest BCUT2D eigenvalue weighted by Crippen LogP contribution is -2.04. The van der Waals surface area contributed by atoms with Crippen LogP contribution in [0.25, 0.3) is 0 Å². The fourth-order valence-corrected chi connectivity index (χ4v) is 3.68. The first kappa shape index (κ1) is 18.8. The number of phenols is 1. The maximum Gasteiger partial charge on any atom is 0.120 e. The van der Waals surface area contributed by atoms with E-state index in [1.807, 2.05) is 18.2 Å². The zero-order valence-electron chi connectivity index (χ0n) is 16.6. The minimum Gasteiger partial charge on any atom is -0.508 e. The van der Waals surface area contributed by atoms with Gasteiger partial charge in [-0.15, -0.1) is 0 Å². The van der Waals surface area contributed by atoms with Gasteiger partial charge in [0.1, 0.15) is 5.75 Å². The lowest BCUT2D eigenvalue weighted by Gasteiger charge is -2.16. The van der Waals surface area contributed by atoms with E-state index in [-0.39, 0.29) is 0 Å². The highest BCUT2D eigenvalue weighted by molar-refractivity contribution is 5.60. The Balaban J connectivity index is 1.79. The van der Waals surface area contributed by atoms with Gasteiger partial charge in [0, 0.05) is 23.5 Å². The molecule has 4 N–H and O–H groups in total. The third-order valence-corrected chi connectivity index (χ3v) is 5.10. The summed E-state index contributed by atoms with van der Waals surface area (Å²) in [6, 6.07) is 16.3. The molecule has 0 aliphatic carbocycles. The van der Waals surface area contributed by atoms with Gasteiger partial charge in [0.15, 0.2) is 0 Å². The second-order valence-electron chi connectivity index (χ2n) is 7.41. The molecular weight excluding hydrogens is 332 g/mol. The number of benzene rings is 3. The van der Waals surface area contributed by atoms with Crippen LogP contribution in [0.4, 0.5) is 11.4 Å². The summed E-state index contributed by atoms with van der Waals surface area (Å²) in [7, 11) is 0. The van der Waals surface area contributed by atoms with Crippen molar-refractivity contribution in [3.8, 4) is 5.75 Å². The molecule has 0 heterocycles. The summed E-state index contributed by atoms with van der Waals surface area (Å²) in [5, 5.41) is 13.4. The molecule has 0 aliphatic rings. The Morgan fingerprint density at radius 2 is 1.33 bits per heavy atom. The molecule has 0 aromatic heterocycles. The smallest absolute Gasteiger partial charge is 0.120 e. The van der Waals surface area contributed by atoms with Crippen LogP contribution in [0.1, 0.15) is 38.9 Å². The van der Waals surface area contributed by atoms with Gasteiger partial charge in [-0.1, -0.05) is 42.5 Å². The lowest BCUT2D eigenvalue weighted by molar-refractivity contribution is 0.469. The molecule has 140 valence electrons. The fraction of sp³-hybridized carbons (Fsp3) is 0.250. The van der Waals surface area contributed by atoms with Crippen molar-refractivity contribution in [3.63, 3.8) is 0 Å². The van der Waals surface area contributed by atoms with E-state index in [2.05, 4.69) is 57.3 Å². The standard InChI is InChI=1S/C24H28N2O/c1-15-9-19(10-16(2)23(15)25)13-20-11-17(3)24(18(4)12-20)26-14-21-7-5-6-8-22(21)27/h5-12,26-27H,13-14,25H2,1-4H3. The minimum absolute atomic E-state index is 0.325. The summed E-state index contributed by atoms with van der Waals surface area (Å²) in [4.78, 5) is 0. The van der Waals surface area contributed by atoms with Crippen LogP contribution in [0.2, 0.25) is 0 Å². The van der Waals surface area contributed by atoms with E-state index >= 15 is 0 Å². The van der Waals surface area contributed by atoms with Crippen LogP contribution in [0, 0.1) is 27.7 Å². The molecule has 0 unspecified atom stereocenters. The van der Waals surface area contributed by atoms with Gasteiger partial charge in [0.2, 0.25) is 0 Å². The van der Waals surface area contributed by atoms with Crippen molar-refractivity contribution in [3.05, 3.63) is 87.5 Å². The molecular formula is C24H28N2O. The fourth-order valence-electron chi connectivity index (χ4n) is 3.68. The van der Waals surface area contributed by atoms with E-state index in [4.69, 9.17) is 5.73 Å². The molecule has 3 nitrogen and oxygen atoms in total. The number of nitrogens with two attached hydrogens (primary N) is 1. The highest BCUT2D eigenvalue weighted by Crippen LogP contribution is 2.27. The van der Waals surface area contributed by atoms with Gasteiger partial charge < -0.3 is 16.2 Å². The van der Waals surface area contributed by atoms with Gasteiger partial charge in [0.05, 0.1) is 0 Å². The van der Waals surface area contributed by atoms with Crippen molar-refractivity contribution in [2.75, 3.05) is 11.1 Å². The number of aromatic hydroxyl groups is 1. The lowest BCUT2D eigenvalue weighted by atomic mass is 9.96. The van der Waals surface area contributed by atoms with Crippen molar-refractivity contribution in [2.24, 2.45) is 0 Å². The molecule has 0 bridgehead atoms. The van der Waals surface area contributed by atoms with E-state index in [1.165, 1.54) is 22.3 Å². The molecule has 3 aromatic rings. The number of hydrogen-bond donors (Lipinski definition) is 3. The average Bonchev–Trinajstić information content (AvgIpc) is 2.60. The Hall–Kier alpha value is -2.94. The monoisotopic (exact) mass is 360 g/mol. The topological polar surface area (TPSA) is 58.3 Å². The number of para-hydroxylation sites is 1. The van der Waals surface area contributed by atoms with Crippen LogP contribution in [-0.2, 0) is 13.0 Å². The number of rotatable bonds is 5. The maximum atomic E-state index is 9.95. The van der Waals surface area contributed by atoms with Crippen LogP contribution in [0.5, 0.6) is 5.75 Å². The summed E-state index contributed by atoms with van der Waals surface area (Å²) in [6.45, 7) is 8.99. The van der Waals surface area contributed by atoms with E-state index in [0.29, 0.717) is 12.3 Å². The Bertz CT molecular complexity index is 930. The first-order chi connectivity index (χ1) is 12.8. The van der Waals surface area contributed by atoms with E-state index < -0.39 is 0 Å². The molecule has 0 fully saturated rings. The van der Waals surface area contributed by atoms with Crippen molar-refractivity contribution in [1.29, 1.82) is 0 Å².